The molecular weight excluding hydrogens is 210 g/mol. The van der Waals surface area contributed by atoms with Gasteiger partial charge in [0.2, 0.25) is 0 Å². The molecule has 1 aliphatic rings. The highest BCUT2D eigenvalue weighted by atomic mass is 16.5. The van der Waals surface area contributed by atoms with E-state index in [9.17, 15) is 0 Å². The molecule has 2 atom stereocenters. The van der Waals surface area contributed by atoms with Crippen molar-refractivity contribution in [2.45, 2.75) is 78.4 Å². The van der Waals surface area contributed by atoms with Gasteiger partial charge in [0.05, 0.1) is 12.2 Å². The van der Waals surface area contributed by atoms with Gasteiger partial charge in [0.25, 0.3) is 0 Å². The van der Waals surface area contributed by atoms with Gasteiger partial charge in [-0.2, -0.15) is 0 Å². The van der Waals surface area contributed by atoms with Crippen LogP contribution in [0.5, 0.6) is 0 Å². The molecule has 0 saturated carbocycles. The lowest BCUT2D eigenvalue weighted by atomic mass is 9.77. The van der Waals surface area contributed by atoms with Crippen molar-refractivity contribution in [1.29, 1.82) is 0 Å². The van der Waals surface area contributed by atoms with Crippen LogP contribution in [0.4, 0.5) is 0 Å². The summed E-state index contributed by atoms with van der Waals surface area (Å²) < 4.78 is 6.00. The Hall–Kier alpha value is -0.0800. The summed E-state index contributed by atoms with van der Waals surface area (Å²) in [6.45, 7) is 11.4. The van der Waals surface area contributed by atoms with Crippen molar-refractivity contribution in [2.75, 3.05) is 13.1 Å². The van der Waals surface area contributed by atoms with E-state index in [-0.39, 0.29) is 0 Å². The highest BCUT2D eigenvalue weighted by Gasteiger charge is 2.32. The fourth-order valence-corrected chi connectivity index (χ4v) is 2.91. The molecule has 1 rings (SSSR count). The second kappa shape index (κ2) is 7.38. The van der Waals surface area contributed by atoms with Gasteiger partial charge in [0.1, 0.15) is 0 Å². The fourth-order valence-electron chi connectivity index (χ4n) is 2.91. The predicted molar refractivity (Wildman–Crippen MR) is 74.4 cm³/mol. The molecule has 0 bridgehead atoms. The summed E-state index contributed by atoms with van der Waals surface area (Å²) >= 11 is 0. The summed E-state index contributed by atoms with van der Waals surface area (Å²) in [6.07, 6.45) is 8.47. The van der Waals surface area contributed by atoms with Crippen LogP contribution in [0.2, 0.25) is 0 Å². The van der Waals surface area contributed by atoms with E-state index in [2.05, 4.69) is 33.0 Å². The molecule has 0 radical (unpaired) electrons. The van der Waals surface area contributed by atoms with E-state index in [1.165, 1.54) is 38.5 Å². The Morgan fingerprint density at radius 1 is 1.18 bits per heavy atom. The first-order valence-corrected chi connectivity index (χ1v) is 7.52. The molecule has 2 heteroatoms. The van der Waals surface area contributed by atoms with Gasteiger partial charge < -0.3 is 10.1 Å². The minimum atomic E-state index is 0.448. The van der Waals surface area contributed by atoms with E-state index in [4.69, 9.17) is 4.74 Å². The van der Waals surface area contributed by atoms with Crippen molar-refractivity contribution in [3.05, 3.63) is 0 Å². The van der Waals surface area contributed by atoms with Crippen LogP contribution in [-0.2, 0) is 4.74 Å². The first-order valence-electron chi connectivity index (χ1n) is 7.52. The van der Waals surface area contributed by atoms with Crippen LogP contribution in [0.15, 0.2) is 0 Å². The number of nitrogens with one attached hydrogen (secondary N) is 1. The Balaban J connectivity index is 2.45. The van der Waals surface area contributed by atoms with Gasteiger partial charge in [0.15, 0.2) is 0 Å². The van der Waals surface area contributed by atoms with Gasteiger partial charge in [-0.05, 0) is 57.4 Å². The topological polar surface area (TPSA) is 21.3 Å². The van der Waals surface area contributed by atoms with Gasteiger partial charge >= 0.3 is 0 Å². The molecule has 102 valence electrons. The quantitative estimate of drug-likeness (QED) is 0.653. The highest BCUT2D eigenvalue weighted by Crippen LogP contribution is 2.36. The largest absolute Gasteiger partial charge is 0.375 e. The Labute approximate surface area is 108 Å². The zero-order valence-corrected chi connectivity index (χ0v) is 12.2. The second-order valence-corrected chi connectivity index (χ2v) is 5.73. The fraction of sp³-hybridized carbons (Fsp3) is 1.00. The Bertz CT molecular complexity index is 201. The molecule has 0 amide bonds. The standard InChI is InChI=1S/C15H31NO/c1-5-10-16-12-15(6-2,7-3)11-14-9-8-13(4)17-14/h13-14,16H,5-12H2,1-4H3. The lowest BCUT2D eigenvalue weighted by Crippen LogP contribution is -2.36. The third-order valence-electron chi connectivity index (χ3n) is 4.41. The summed E-state index contributed by atoms with van der Waals surface area (Å²) in [5.41, 5.74) is 0.448. The van der Waals surface area contributed by atoms with Crippen LogP contribution in [0.1, 0.15) is 66.2 Å². The molecule has 1 N–H and O–H groups in total. The minimum Gasteiger partial charge on any atom is -0.375 e. The molecule has 0 aromatic rings. The van der Waals surface area contributed by atoms with Crippen LogP contribution in [-0.4, -0.2) is 25.3 Å². The molecule has 0 aliphatic carbocycles. The summed E-state index contributed by atoms with van der Waals surface area (Å²) in [4.78, 5) is 0. The van der Waals surface area contributed by atoms with Crippen molar-refractivity contribution < 1.29 is 4.74 Å². The Morgan fingerprint density at radius 2 is 1.88 bits per heavy atom. The first-order chi connectivity index (χ1) is 8.15. The second-order valence-electron chi connectivity index (χ2n) is 5.73. The van der Waals surface area contributed by atoms with Gasteiger partial charge in [0, 0.05) is 6.54 Å². The summed E-state index contributed by atoms with van der Waals surface area (Å²) in [5, 5.41) is 3.61. The Kier molecular flexibility index (Phi) is 6.50. The van der Waals surface area contributed by atoms with E-state index in [0.717, 1.165) is 13.1 Å². The van der Waals surface area contributed by atoms with Gasteiger partial charge in [-0.25, -0.2) is 0 Å². The van der Waals surface area contributed by atoms with E-state index >= 15 is 0 Å². The lowest BCUT2D eigenvalue weighted by Gasteiger charge is -2.34. The molecule has 1 fully saturated rings. The minimum absolute atomic E-state index is 0.448. The van der Waals surface area contributed by atoms with E-state index in [0.29, 0.717) is 17.6 Å². The first kappa shape index (κ1) is 15.0. The van der Waals surface area contributed by atoms with Crippen molar-refractivity contribution in [3.8, 4) is 0 Å². The number of rotatable bonds is 8. The van der Waals surface area contributed by atoms with Gasteiger partial charge in [-0.15, -0.1) is 0 Å². The monoisotopic (exact) mass is 241 g/mol. The van der Waals surface area contributed by atoms with Crippen LogP contribution >= 0.6 is 0 Å². The molecule has 2 nitrogen and oxygen atoms in total. The molecule has 1 saturated heterocycles. The molecular formula is C15H31NO. The van der Waals surface area contributed by atoms with Crippen LogP contribution in [0, 0.1) is 5.41 Å². The van der Waals surface area contributed by atoms with Crippen molar-refractivity contribution in [2.24, 2.45) is 5.41 Å². The number of hydrogen-bond donors (Lipinski definition) is 1. The Morgan fingerprint density at radius 3 is 2.35 bits per heavy atom. The third kappa shape index (κ3) is 4.59. The summed E-state index contributed by atoms with van der Waals surface area (Å²) in [5.74, 6) is 0. The maximum Gasteiger partial charge on any atom is 0.0585 e. The third-order valence-corrected chi connectivity index (χ3v) is 4.41. The summed E-state index contributed by atoms with van der Waals surface area (Å²) in [7, 11) is 0. The van der Waals surface area contributed by atoms with E-state index in [1.54, 1.807) is 0 Å². The van der Waals surface area contributed by atoms with Crippen LogP contribution in [0.25, 0.3) is 0 Å². The smallest absolute Gasteiger partial charge is 0.0585 e. The molecule has 0 spiro atoms. The molecule has 0 aromatic heterocycles. The van der Waals surface area contributed by atoms with Crippen molar-refractivity contribution in [1.82, 2.24) is 5.32 Å². The van der Waals surface area contributed by atoms with Gasteiger partial charge in [-0.3, -0.25) is 0 Å². The average molecular weight is 241 g/mol. The molecule has 1 aliphatic heterocycles. The predicted octanol–water partition coefficient (Wildman–Crippen LogP) is 3.75. The molecule has 0 aromatic carbocycles. The van der Waals surface area contributed by atoms with Gasteiger partial charge in [-0.1, -0.05) is 20.8 Å². The summed E-state index contributed by atoms with van der Waals surface area (Å²) in [6, 6.07) is 0. The number of ether oxygens (including phenoxy) is 1. The SMILES string of the molecule is CCCNCC(CC)(CC)CC1CCC(C)O1. The van der Waals surface area contributed by atoms with Crippen LogP contribution < -0.4 is 5.32 Å². The zero-order chi connectivity index (χ0) is 12.7. The van der Waals surface area contributed by atoms with Crippen molar-refractivity contribution in [3.63, 3.8) is 0 Å². The lowest BCUT2D eigenvalue weighted by molar-refractivity contribution is 0.0188. The van der Waals surface area contributed by atoms with E-state index in [1.807, 2.05) is 0 Å². The zero-order valence-electron chi connectivity index (χ0n) is 12.2. The maximum absolute atomic E-state index is 6.00. The van der Waals surface area contributed by atoms with Crippen molar-refractivity contribution >= 4 is 0 Å². The average Bonchev–Trinajstić information content (AvgIpc) is 2.73. The van der Waals surface area contributed by atoms with E-state index < -0.39 is 0 Å². The molecule has 2 unspecified atom stereocenters. The normalized spacial score (nSPS) is 25.4. The highest BCUT2D eigenvalue weighted by molar-refractivity contribution is 4.85. The molecule has 17 heavy (non-hydrogen) atoms. The maximum atomic E-state index is 6.00. The van der Waals surface area contributed by atoms with Crippen LogP contribution in [0.3, 0.4) is 0 Å². The molecule has 1 heterocycles. The number of hydrogen-bond acceptors (Lipinski definition) is 2.